The minimum Gasteiger partial charge on any atom is -0.451 e. The van der Waals surface area contributed by atoms with E-state index < -0.39 is 0 Å². The van der Waals surface area contributed by atoms with Gasteiger partial charge in [-0.3, -0.25) is 9.59 Å². The van der Waals surface area contributed by atoms with Gasteiger partial charge in [0.2, 0.25) is 0 Å². The Balaban J connectivity index is 1.97. The number of para-hydroxylation sites is 1. The molecule has 0 aliphatic carbocycles. The average Bonchev–Trinajstić information content (AvgIpc) is 2.91. The first kappa shape index (κ1) is 14.8. The molecule has 1 unspecified atom stereocenters. The third kappa shape index (κ3) is 2.43. The predicted molar refractivity (Wildman–Crippen MR) is 84.9 cm³/mol. The smallest absolute Gasteiger partial charge is 0.290 e. The van der Waals surface area contributed by atoms with Gasteiger partial charge < -0.3 is 9.32 Å². The Bertz CT molecular complexity index is 716. The summed E-state index contributed by atoms with van der Waals surface area (Å²) >= 11 is 0. The van der Waals surface area contributed by atoms with Crippen LogP contribution in [0.2, 0.25) is 0 Å². The topological polar surface area (TPSA) is 50.5 Å². The number of nitrogens with zero attached hydrogens (tertiary/aromatic N) is 1. The Morgan fingerprint density at radius 1 is 1.27 bits per heavy atom. The standard InChI is InChI=1S/C18H21NO3/c1-3-15(20)14-9-6-7-11-19(14)18(21)17-12(2)13-8-4-5-10-16(13)22-17/h4-5,8,10,14H,3,6-7,9,11H2,1-2H3. The van der Waals surface area contributed by atoms with Crippen molar-refractivity contribution in [1.82, 2.24) is 4.90 Å². The number of rotatable bonds is 3. The van der Waals surface area contributed by atoms with E-state index >= 15 is 0 Å². The molecule has 3 rings (SSSR count). The molecule has 1 saturated heterocycles. The summed E-state index contributed by atoms with van der Waals surface area (Å²) in [7, 11) is 0. The van der Waals surface area contributed by atoms with Gasteiger partial charge in [-0.1, -0.05) is 25.1 Å². The zero-order chi connectivity index (χ0) is 15.7. The fourth-order valence-electron chi connectivity index (χ4n) is 3.25. The highest BCUT2D eigenvalue weighted by molar-refractivity contribution is 6.01. The van der Waals surface area contributed by atoms with Crippen LogP contribution in [-0.2, 0) is 4.79 Å². The Hall–Kier alpha value is -2.10. The Morgan fingerprint density at radius 3 is 2.77 bits per heavy atom. The highest BCUT2D eigenvalue weighted by atomic mass is 16.3. The minimum atomic E-state index is -0.293. The van der Waals surface area contributed by atoms with Crippen molar-refractivity contribution in [3.05, 3.63) is 35.6 Å². The van der Waals surface area contributed by atoms with Crippen LogP contribution in [0.4, 0.5) is 0 Å². The lowest BCUT2D eigenvalue weighted by molar-refractivity contribution is -0.124. The second-order valence-corrected chi connectivity index (χ2v) is 5.88. The lowest BCUT2D eigenvalue weighted by Crippen LogP contribution is -2.47. The van der Waals surface area contributed by atoms with E-state index in [9.17, 15) is 9.59 Å². The Labute approximate surface area is 130 Å². The maximum absolute atomic E-state index is 12.9. The maximum Gasteiger partial charge on any atom is 0.290 e. The van der Waals surface area contributed by atoms with Gasteiger partial charge >= 0.3 is 0 Å². The van der Waals surface area contributed by atoms with E-state index in [-0.39, 0.29) is 17.7 Å². The van der Waals surface area contributed by atoms with Gasteiger partial charge in [-0.05, 0) is 32.3 Å². The molecule has 4 heteroatoms. The van der Waals surface area contributed by atoms with Crippen LogP contribution in [-0.4, -0.2) is 29.2 Å². The number of ketones is 1. The number of hydrogen-bond acceptors (Lipinski definition) is 3. The number of amides is 1. The van der Waals surface area contributed by atoms with Gasteiger partial charge in [0.15, 0.2) is 11.5 Å². The van der Waals surface area contributed by atoms with Gasteiger partial charge in [0.25, 0.3) is 5.91 Å². The van der Waals surface area contributed by atoms with E-state index in [2.05, 4.69) is 0 Å². The SMILES string of the molecule is CCC(=O)C1CCCCN1C(=O)c1oc2ccccc2c1C. The molecule has 0 bridgehead atoms. The summed E-state index contributed by atoms with van der Waals surface area (Å²) in [6, 6.07) is 7.35. The van der Waals surface area contributed by atoms with Crippen molar-refractivity contribution in [2.75, 3.05) is 6.54 Å². The van der Waals surface area contributed by atoms with Crippen LogP contribution in [0.5, 0.6) is 0 Å². The Morgan fingerprint density at radius 2 is 2.05 bits per heavy atom. The van der Waals surface area contributed by atoms with Crippen LogP contribution in [0, 0.1) is 6.92 Å². The second-order valence-electron chi connectivity index (χ2n) is 5.88. The molecule has 1 aliphatic heterocycles. The van der Waals surface area contributed by atoms with Gasteiger partial charge in [-0.15, -0.1) is 0 Å². The minimum absolute atomic E-state index is 0.141. The third-order valence-electron chi connectivity index (χ3n) is 4.52. The third-order valence-corrected chi connectivity index (χ3v) is 4.52. The zero-order valence-corrected chi connectivity index (χ0v) is 13.1. The number of likely N-dealkylation sites (tertiary alicyclic amines) is 1. The number of piperidine rings is 1. The molecule has 0 N–H and O–H groups in total. The first-order valence-electron chi connectivity index (χ1n) is 7.95. The number of aryl methyl sites for hydroxylation is 1. The van der Waals surface area contributed by atoms with Crippen LogP contribution >= 0.6 is 0 Å². The molecule has 1 atom stereocenters. The lowest BCUT2D eigenvalue weighted by Gasteiger charge is -2.34. The molecule has 22 heavy (non-hydrogen) atoms. The van der Waals surface area contributed by atoms with Crippen molar-refractivity contribution in [2.45, 2.75) is 45.6 Å². The molecule has 4 nitrogen and oxygen atoms in total. The van der Waals surface area contributed by atoms with E-state index in [1.165, 1.54) is 0 Å². The fourth-order valence-corrected chi connectivity index (χ4v) is 3.25. The van der Waals surface area contributed by atoms with Crippen molar-refractivity contribution >= 4 is 22.7 Å². The van der Waals surface area contributed by atoms with Crippen LogP contribution < -0.4 is 0 Å². The largest absolute Gasteiger partial charge is 0.451 e. The van der Waals surface area contributed by atoms with Gasteiger partial charge in [0, 0.05) is 23.9 Å². The van der Waals surface area contributed by atoms with Crippen LogP contribution in [0.25, 0.3) is 11.0 Å². The molecule has 1 aromatic heterocycles. The highest BCUT2D eigenvalue weighted by Crippen LogP contribution is 2.28. The number of carbonyl (C=O) groups is 2. The first-order chi connectivity index (χ1) is 10.6. The molecular formula is C18H21NO3. The van der Waals surface area contributed by atoms with Crippen molar-refractivity contribution < 1.29 is 14.0 Å². The van der Waals surface area contributed by atoms with Crippen LogP contribution in [0.15, 0.2) is 28.7 Å². The molecule has 1 aromatic carbocycles. The zero-order valence-electron chi connectivity index (χ0n) is 13.1. The highest BCUT2D eigenvalue weighted by Gasteiger charge is 2.33. The summed E-state index contributed by atoms with van der Waals surface area (Å²) in [5.74, 6) is 0.360. The van der Waals surface area contributed by atoms with Crippen molar-refractivity contribution in [1.29, 1.82) is 0 Å². The molecule has 1 fully saturated rings. The van der Waals surface area contributed by atoms with Gasteiger partial charge in [0.1, 0.15) is 5.58 Å². The van der Waals surface area contributed by atoms with E-state index in [0.717, 1.165) is 35.8 Å². The van der Waals surface area contributed by atoms with Gasteiger partial charge in [-0.2, -0.15) is 0 Å². The van der Waals surface area contributed by atoms with Crippen LogP contribution in [0.1, 0.15) is 48.7 Å². The normalized spacial score (nSPS) is 18.6. The molecule has 0 spiro atoms. The summed E-state index contributed by atoms with van der Waals surface area (Å²) in [5, 5.41) is 0.959. The Kier molecular flexibility index (Phi) is 4.01. The van der Waals surface area contributed by atoms with E-state index in [0.29, 0.717) is 18.7 Å². The van der Waals surface area contributed by atoms with E-state index in [4.69, 9.17) is 4.42 Å². The molecule has 1 aliphatic rings. The molecular weight excluding hydrogens is 278 g/mol. The molecule has 1 amide bonds. The monoisotopic (exact) mass is 299 g/mol. The van der Waals surface area contributed by atoms with Gasteiger partial charge in [-0.25, -0.2) is 0 Å². The summed E-state index contributed by atoms with van der Waals surface area (Å²) < 4.78 is 5.77. The summed E-state index contributed by atoms with van der Waals surface area (Å²) in [5.41, 5.74) is 1.58. The quantitative estimate of drug-likeness (QED) is 0.868. The van der Waals surface area contributed by atoms with Gasteiger partial charge in [0.05, 0.1) is 6.04 Å². The number of fused-ring (bicyclic) bond motifs is 1. The van der Waals surface area contributed by atoms with E-state index in [1.807, 2.05) is 38.1 Å². The maximum atomic E-state index is 12.9. The number of carbonyl (C=O) groups excluding carboxylic acids is 2. The number of furan rings is 1. The van der Waals surface area contributed by atoms with Crippen molar-refractivity contribution in [2.24, 2.45) is 0 Å². The van der Waals surface area contributed by atoms with Crippen molar-refractivity contribution in [3.8, 4) is 0 Å². The van der Waals surface area contributed by atoms with Crippen LogP contribution in [0.3, 0.4) is 0 Å². The summed E-state index contributed by atoms with van der Waals surface area (Å²) in [4.78, 5) is 26.8. The molecule has 2 aromatic rings. The summed E-state index contributed by atoms with van der Waals surface area (Å²) in [6.45, 7) is 4.39. The number of benzene rings is 1. The summed E-state index contributed by atoms with van der Waals surface area (Å²) in [6.07, 6.45) is 3.17. The molecule has 2 heterocycles. The molecule has 116 valence electrons. The second kappa shape index (κ2) is 5.95. The fraction of sp³-hybridized carbons (Fsp3) is 0.444. The van der Waals surface area contributed by atoms with Crippen molar-refractivity contribution in [3.63, 3.8) is 0 Å². The average molecular weight is 299 g/mol. The predicted octanol–water partition coefficient (Wildman–Crippen LogP) is 3.72. The van der Waals surface area contributed by atoms with E-state index in [1.54, 1.807) is 4.90 Å². The number of hydrogen-bond donors (Lipinski definition) is 0. The first-order valence-corrected chi connectivity index (χ1v) is 7.95. The molecule has 0 saturated carbocycles. The number of Topliss-reactive ketones (excluding diaryl/α,β-unsaturated/α-hetero) is 1. The lowest BCUT2D eigenvalue weighted by atomic mass is 9.96. The molecule has 0 radical (unpaired) electrons.